The van der Waals surface area contributed by atoms with Gasteiger partial charge in [-0.1, -0.05) is 0 Å². The topological polar surface area (TPSA) is 94.6 Å². The predicted octanol–water partition coefficient (Wildman–Crippen LogP) is 4.12. The van der Waals surface area contributed by atoms with Crippen molar-refractivity contribution in [3.63, 3.8) is 0 Å². The van der Waals surface area contributed by atoms with Crippen LogP contribution in [-0.4, -0.2) is 35.5 Å². The number of rotatable bonds is 6. The molecule has 0 bridgehead atoms. The van der Waals surface area contributed by atoms with Crippen molar-refractivity contribution in [2.75, 3.05) is 11.9 Å². The highest BCUT2D eigenvalue weighted by atomic mass is 32.1. The first-order valence-electron chi connectivity index (χ1n) is 8.42. The monoisotopic (exact) mass is 410 g/mol. The third kappa shape index (κ3) is 4.72. The molecule has 1 N–H and O–H groups in total. The average molecular weight is 411 g/mol. The van der Waals surface area contributed by atoms with Gasteiger partial charge in [0.2, 0.25) is 0 Å². The van der Waals surface area contributed by atoms with Crippen LogP contribution in [-0.2, 0) is 9.47 Å². The molecule has 2 aromatic heterocycles. The van der Waals surface area contributed by atoms with E-state index in [0.29, 0.717) is 16.1 Å². The minimum atomic E-state index is -0.595. The van der Waals surface area contributed by atoms with Gasteiger partial charge >= 0.3 is 11.9 Å². The van der Waals surface area contributed by atoms with Gasteiger partial charge in [-0.2, -0.15) is 0 Å². The van der Waals surface area contributed by atoms with Crippen LogP contribution in [0.15, 0.2) is 0 Å². The SMILES string of the molecule is CCOC(=O)c1c(NC(=O)c2sc(C)nc2C)sc(C(=O)OC(C)C)c1C. The number of ether oxygens (including phenoxy) is 2. The van der Waals surface area contributed by atoms with E-state index in [0.717, 1.165) is 16.3 Å². The molecule has 0 saturated carbocycles. The first-order chi connectivity index (χ1) is 12.6. The Bertz CT molecular complexity index is 883. The van der Waals surface area contributed by atoms with Crippen LogP contribution in [0.25, 0.3) is 0 Å². The number of hydrogen-bond donors (Lipinski definition) is 1. The average Bonchev–Trinajstić information content (AvgIpc) is 3.06. The van der Waals surface area contributed by atoms with Crippen molar-refractivity contribution in [2.45, 2.75) is 47.6 Å². The molecule has 0 saturated heterocycles. The lowest BCUT2D eigenvalue weighted by Crippen LogP contribution is -2.15. The molecule has 146 valence electrons. The smallest absolute Gasteiger partial charge is 0.348 e. The number of thiazole rings is 1. The maximum Gasteiger partial charge on any atom is 0.348 e. The van der Waals surface area contributed by atoms with Gasteiger partial charge in [0, 0.05) is 0 Å². The first kappa shape index (κ1) is 21.0. The van der Waals surface area contributed by atoms with Crippen molar-refractivity contribution in [1.82, 2.24) is 4.98 Å². The highest BCUT2D eigenvalue weighted by Gasteiger charge is 2.28. The number of hydrogen-bond acceptors (Lipinski definition) is 8. The van der Waals surface area contributed by atoms with Gasteiger partial charge in [0.1, 0.15) is 14.8 Å². The van der Waals surface area contributed by atoms with Gasteiger partial charge in [0.25, 0.3) is 5.91 Å². The number of nitrogens with one attached hydrogen (secondary N) is 1. The molecule has 0 unspecified atom stereocenters. The quantitative estimate of drug-likeness (QED) is 0.720. The van der Waals surface area contributed by atoms with Crippen LogP contribution in [0.1, 0.15) is 66.7 Å². The molecule has 0 atom stereocenters. The highest BCUT2D eigenvalue weighted by molar-refractivity contribution is 7.19. The van der Waals surface area contributed by atoms with E-state index in [1.165, 1.54) is 11.3 Å². The number of aryl methyl sites for hydroxylation is 2. The summed E-state index contributed by atoms with van der Waals surface area (Å²) in [5, 5.41) is 3.76. The second kappa shape index (κ2) is 8.62. The van der Waals surface area contributed by atoms with E-state index < -0.39 is 11.9 Å². The highest BCUT2D eigenvalue weighted by Crippen LogP contribution is 2.35. The standard InChI is InChI=1S/C18H22N2O5S2/c1-7-24-17(22)12-9(4)13(18(23)25-8(2)3)27-16(12)20-15(21)14-10(5)19-11(6)26-14/h8H,7H2,1-6H3,(H,20,21). The summed E-state index contributed by atoms with van der Waals surface area (Å²) in [6, 6.07) is 0. The molecule has 0 aliphatic heterocycles. The molecule has 0 spiro atoms. The number of aromatic nitrogens is 1. The van der Waals surface area contributed by atoms with Gasteiger partial charge in [-0.15, -0.1) is 22.7 Å². The molecule has 27 heavy (non-hydrogen) atoms. The molecule has 0 aliphatic rings. The van der Waals surface area contributed by atoms with E-state index >= 15 is 0 Å². The van der Waals surface area contributed by atoms with Crippen LogP contribution in [0.4, 0.5) is 5.00 Å². The van der Waals surface area contributed by atoms with Crippen molar-refractivity contribution < 1.29 is 23.9 Å². The molecule has 0 radical (unpaired) electrons. The Labute approximate surface area is 165 Å². The second-order valence-corrected chi connectivity index (χ2v) is 8.26. The zero-order chi connectivity index (χ0) is 20.3. The number of thiophene rings is 1. The molecule has 2 heterocycles. The van der Waals surface area contributed by atoms with Crippen molar-refractivity contribution in [3.8, 4) is 0 Å². The summed E-state index contributed by atoms with van der Waals surface area (Å²) in [6.07, 6.45) is -0.300. The molecule has 9 heteroatoms. The number of nitrogens with zero attached hydrogens (tertiary/aromatic N) is 1. The number of carbonyl (C=O) groups is 3. The Balaban J connectivity index is 2.43. The lowest BCUT2D eigenvalue weighted by atomic mass is 10.1. The molecule has 0 aromatic carbocycles. The lowest BCUT2D eigenvalue weighted by molar-refractivity contribution is 0.0383. The van der Waals surface area contributed by atoms with E-state index in [2.05, 4.69) is 10.3 Å². The summed E-state index contributed by atoms with van der Waals surface area (Å²) in [5.74, 6) is -1.51. The van der Waals surface area contributed by atoms with Crippen LogP contribution < -0.4 is 5.32 Å². The maximum atomic E-state index is 12.6. The molecule has 2 rings (SSSR count). The van der Waals surface area contributed by atoms with E-state index in [9.17, 15) is 14.4 Å². The minimum absolute atomic E-state index is 0.171. The normalized spacial score (nSPS) is 10.8. The lowest BCUT2D eigenvalue weighted by Gasteiger charge is -2.07. The van der Waals surface area contributed by atoms with Crippen LogP contribution in [0.5, 0.6) is 0 Å². The van der Waals surface area contributed by atoms with Crippen LogP contribution >= 0.6 is 22.7 Å². The van der Waals surface area contributed by atoms with E-state index in [1.54, 1.807) is 34.6 Å². The van der Waals surface area contributed by atoms with E-state index in [1.807, 2.05) is 6.92 Å². The summed E-state index contributed by atoms with van der Waals surface area (Å²) in [5.41, 5.74) is 1.21. The Kier molecular flexibility index (Phi) is 6.72. The van der Waals surface area contributed by atoms with Gasteiger partial charge in [-0.25, -0.2) is 14.6 Å². The van der Waals surface area contributed by atoms with Crippen molar-refractivity contribution in [3.05, 3.63) is 31.6 Å². The maximum absolute atomic E-state index is 12.6. The summed E-state index contributed by atoms with van der Waals surface area (Å²) >= 11 is 2.27. The minimum Gasteiger partial charge on any atom is -0.462 e. The number of carbonyl (C=O) groups excluding carboxylic acids is 3. The fraction of sp³-hybridized carbons (Fsp3) is 0.444. The van der Waals surface area contributed by atoms with Gasteiger partial charge in [-0.05, 0) is 47.1 Å². The molecule has 0 fully saturated rings. The molecule has 7 nitrogen and oxygen atoms in total. The Morgan fingerprint density at radius 3 is 2.26 bits per heavy atom. The number of amides is 1. The van der Waals surface area contributed by atoms with Crippen LogP contribution in [0.3, 0.4) is 0 Å². The van der Waals surface area contributed by atoms with Gasteiger partial charge in [-0.3, -0.25) is 4.79 Å². The Hall–Kier alpha value is -2.26. The molecule has 2 aromatic rings. The van der Waals surface area contributed by atoms with E-state index in [4.69, 9.17) is 9.47 Å². The predicted molar refractivity (Wildman–Crippen MR) is 105 cm³/mol. The molecular formula is C18H22N2O5S2. The molecular weight excluding hydrogens is 388 g/mol. The summed E-state index contributed by atoms with van der Waals surface area (Å²) < 4.78 is 10.3. The second-order valence-electron chi connectivity index (χ2n) is 6.04. The zero-order valence-corrected chi connectivity index (χ0v) is 17.7. The zero-order valence-electron chi connectivity index (χ0n) is 16.1. The van der Waals surface area contributed by atoms with Crippen molar-refractivity contribution in [2.24, 2.45) is 0 Å². The van der Waals surface area contributed by atoms with Gasteiger partial charge in [0.15, 0.2) is 0 Å². The van der Waals surface area contributed by atoms with Gasteiger partial charge < -0.3 is 14.8 Å². The van der Waals surface area contributed by atoms with Crippen molar-refractivity contribution in [1.29, 1.82) is 0 Å². The fourth-order valence-electron chi connectivity index (χ4n) is 2.41. The number of esters is 2. The summed E-state index contributed by atoms with van der Waals surface area (Å²) in [6.45, 7) is 10.5. The summed E-state index contributed by atoms with van der Waals surface area (Å²) in [7, 11) is 0. The number of anilines is 1. The van der Waals surface area contributed by atoms with Crippen LogP contribution in [0.2, 0.25) is 0 Å². The summed E-state index contributed by atoms with van der Waals surface area (Å²) in [4.78, 5) is 42.4. The first-order valence-corrected chi connectivity index (χ1v) is 10.1. The Morgan fingerprint density at radius 2 is 1.74 bits per heavy atom. The molecule has 0 aliphatic carbocycles. The largest absolute Gasteiger partial charge is 0.462 e. The third-order valence-electron chi connectivity index (χ3n) is 3.49. The molecule has 1 amide bonds. The Morgan fingerprint density at radius 1 is 1.07 bits per heavy atom. The van der Waals surface area contributed by atoms with Crippen molar-refractivity contribution >= 4 is 45.5 Å². The fourth-order valence-corrected chi connectivity index (χ4v) is 4.30. The van der Waals surface area contributed by atoms with Crippen LogP contribution in [0, 0.1) is 20.8 Å². The van der Waals surface area contributed by atoms with E-state index in [-0.39, 0.29) is 34.1 Å². The third-order valence-corrected chi connectivity index (χ3v) is 5.75. The van der Waals surface area contributed by atoms with Gasteiger partial charge in [0.05, 0.1) is 29.0 Å².